The van der Waals surface area contributed by atoms with Crippen molar-refractivity contribution in [2.45, 2.75) is 32.7 Å². The van der Waals surface area contributed by atoms with Crippen molar-refractivity contribution in [1.82, 2.24) is 10.2 Å². The third-order valence-electron chi connectivity index (χ3n) is 4.89. The van der Waals surface area contributed by atoms with E-state index < -0.39 is 4.92 Å². The van der Waals surface area contributed by atoms with E-state index in [4.69, 9.17) is 4.74 Å². The lowest BCUT2D eigenvalue weighted by atomic mass is 9.92. The Balaban J connectivity index is 1.95. The summed E-state index contributed by atoms with van der Waals surface area (Å²) < 4.78 is 5.44. The van der Waals surface area contributed by atoms with Gasteiger partial charge in [0.25, 0.3) is 5.69 Å². The SMILES string of the molecule is CCC(CC)[C@H](CNC(=O)Nc1cccc([N+](=O)[O-])c1)N1CCOCC1. The van der Waals surface area contributed by atoms with Gasteiger partial charge in [-0.2, -0.15) is 0 Å². The van der Waals surface area contributed by atoms with Gasteiger partial charge in [-0.3, -0.25) is 15.0 Å². The van der Waals surface area contributed by atoms with Gasteiger partial charge < -0.3 is 15.4 Å². The summed E-state index contributed by atoms with van der Waals surface area (Å²) in [4.78, 5) is 25.0. The molecule has 1 aliphatic heterocycles. The molecular weight excluding hydrogens is 336 g/mol. The van der Waals surface area contributed by atoms with Crippen molar-refractivity contribution in [2.24, 2.45) is 5.92 Å². The van der Waals surface area contributed by atoms with Crippen LogP contribution in [0.4, 0.5) is 16.2 Å². The molecule has 0 spiro atoms. The zero-order valence-electron chi connectivity index (χ0n) is 15.4. The van der Waals surface area contributed by atoms with Crippen molar-refractivity contribution in [3.63, 3.8) is 0 Å². The van der Waals surface area contributed by atoms with Crippen LogP contribution in [0.5, 0.6) is 0 Å². The zero-order valence-corrected chi connectivity index (χ0v) is 15.4. The molecule has 8 heteroatoms. The standard InChI is InChI=1S/C18H28N4O4/c1-3-14(4-2)17(21-8-10-26-11-9-21)13-19-18(23)20-15-6-5-7-16(12-15)22(24)25/h5-7,12,14,17H,3-4,8-11,13H2,1-2H3,(H2,19,20,23)/t17-/m0/s1. The maximum atomic E-state index is 12.2. The molecule has 0 aliphatic carbocycles. The Morgan fingerprint density at radius 2 is 2.00 bits per heavy atom. The first-order chi connectivity index (χ1) is 12.5. The second-order valence-electron chi connectivity index (χ2n) is 6.43. The molecule has 1 aromatic rings. The number of morpholine rings is 1. The number of carbonyl (C=O) groups is 1. The van der Waals surface area contributed by atoms with E-state index in [-0.39, 0.29) is 17.8 Å². The van der Waals surface area contributed by atoms with Crippen LogP contribution in [0.1, 0.15) is 26.7 Å². The van der Waals surface area contributed by atoms with E-state index in [1.165, 1.54) is 12.1 Å². The van der Waals surface area contributed by atoms with Crippen LogP contribution in [-0.2, 0) is 4.74 Å². The second kappa shape index (κ2) is 10.1. The van der Waals surface area contributed by atoms with E-state index >= 15 is 0 Å². The van der Waals surface area contributed by atoms with Crippen molar-refractivity contribution in [2.75, 3.05) is 38.2 Å². The molecule has 2 amide bonds. The minimum atomic E-state index is -0.482. The summed E-state index contributed by atoms with van der Waals surface area (Å²) in [7, 11) is 0. The average molecular weight is 364 g/mol. The highest BCUT2D eigenvalue weighted by Gasteiger charge is 2.27. The summed E-state index contributed by atoms with van der Waals surface area (Å²) in [6.45, 7) is 8.06. The minimum absolute atomic E-state index is 0.0500. The number of hydrogen-bond donors (Lipinski definition) is 2. The lowest BCUT2D eigenvalue weighted by Crippen LogP contribution is -2.52. The van der Waals surface area contributed by atoms with E-state index in [1.54, 1.807) is 12.1 Å². The fourth-order valence-corrected chi connectivity index (χ4v) is 3.41. The smallest absolute Gasteiger partial charge is 0.319 e. The van der Waals surface area contributed by atoms with E-state index in [9.17, 15) is 14.9 Å². The summed E-state index contributed by atoms with van der Waals surface area (Å²) in [5.41, 5.74) is 0.355. The first-order valence-corrected chi connectivity index (χ1v) is 9.16. The number of nitrogens with one attached hydrogen (secondary N) is 2. The zero-order chi connectivity index (χ0) is 18.9. The number of rotatable bonds is 8. The van der Waals surface area contributed by atoms with Crippen molar-refractivity contribution in [3.8, 4) is 0 Å². The number of amides is 2. The number of hydrogen-bond acceptors (Lipinski definition) is 5. The van der Waals surface area contributed by atoms with Crippen LogP contribution >= 0.6 is 0 Å². The summed E-state index contributed by atoms with van der Waals surface area (Å²) in [6, 6.07) is 5.82. The maximum Gasteiger partial charge on any atom is 0.319 e. The molecule has 2 N–H and O–H groups in total. The molecule has 26 heavy (non-hydrogen) atoms. The molecule has 8 nitrogen and oxygen atoms in total. The highest BCUT2D eigenvalue weighted by Crippen LogP contribution is 2.20. The van der Waals surface area contributed by atoms with Crippen LogP contribution in [0.3, 0.4) is 0 Å². The van der Waals surface area contributed by atoms with Gasteiger partial charge in [-0.1, -0.05) is 32.8 Å². The fourth-order valence-electron chi connectivity index (χ4n) is 3.41. The van der Waals surface area contributed by atoms with Crippen molar-refractivity contribution >= 4 is 17.4 Å². The molecule has 2 rings (SSSR count). The van der Waals surface area contributed by atoms with E-state index in [1.807, 2.05) is 0 Å². The minimum Gasteiger partial charge on any atom is -0.379 e. The van der Waals surface area contributed by atoms with Gasteiger partial charge in [0.1, 0.15) is 0 Å². The number of nitro benzene ring substituents is 1. The average Bonchev–Trinajstić information content (AvgIpc) is 2.66. The van der Waals surface area contributed by atoms with Crippen LogP contribution in [-0.4, -0.2) is 54.7 Å². The molecule has 0 aromatic heterocycles. The molecule has 1 aliphatic rings. The van der Waals surface area contributed by atoms with Crippen molar-refractivity contribution in [1.29, 1.82) is 0 Å². The van der Waals surface area contributed by atoms with Gasteiger partial charge in [0.05, 0.1) is 18.1 Å². The quantitative estimate of drug-likeness (QED) is 0.546. The van der Waals surface area contributed by atoms with Gasteiger partial charge in [0.2, 0.25) is 0 Å². The molecule has 1 heterocycles. The number of urea groups is 1. The van der Waals surface area contributed by atoms with E-state index in [0.29, 0.717) is 18.2 Å². The number of nitro groups is 1. The summed E-state index contributed by atoms with van der Waals surface area (Å²) >= 11 is 0. The highest BCUT2D eigenvalue weighted by atomic mass is 16.6. The van der Waals surface area contributed by atoms with Crippen LogP contribution in [0.15, 0.2) is 24.3 Å². The summed E-state index contributed by atoms with van der Waals surface area (Å²) in [6.07, 6.45) is 2.10. The second-order valence-corrected chi connectivity index (χ2v) is 6.43. The largest absolute Gasteiger partial charge is 0.379 e. The first kappa shape index (κ1) is 20.1. The fraction of sp³-hybridized carbons (Fsp3) is 0.611. The lowest BCUT2D eigenvalue weighted by molar-refractivity contribution is -0.384. The van der Waals surface area contributed by atoms with Gasteiger partial charge in [-0.05, 0) is 12.0 Å². The molecule has 1 saturated heterocycles. The third kappa shape index (κ3) is 5.67. The number of ether oxygens (including phenoxy) is 1. The number of benzene rings is 1. The van der Waals surface area contributed by atoms with Gasteiger partial charge in [-0.15, -0.1) is 0 Å². The van der Waals surface area contributed by atoms with E-state index in [2.05, 4.69) is 29.4 Å². The topological polar surface area (TPSA) is 96.7 Å². The molecule has 0 unspecified atom stereocenters. The Morgan fingerprint density at radius 3 is 2.62 bits per heavy atom. The molecule has 1 aromatic carbocycles. The molecule has 0 bridgehead atoms. The third-order valence-corrected chi connectivity index (χ3v) is 4.89. The molecule has 1 atom stereocenters. The molecule has 1 fully saturated rings. The monoisotopic (exact) mass is 364 g/mol. The number of non-ortho nitro benzene ring substituents is 1. The van der Waals surface area contributed by atoms with Crippen molar-refractivity contribution < 1.29 is 14.5 Å². The Hall–Kier alpha value is -2.19. The van der Waals surface area contributed by atoms with Crippen LogP contribution in [0, 0.1) is 16.0 Å². The van der Waals surface area contributed by atoms with Crippen LogP contribution < -0.4 is 10.6 Å². The van der Waals surface area contributed by atoms with Gasteiger partial charge in [-0.25, -0.2) is 4.79 Å². The maximum absolute atomic E-state index is 12.2. The van der Waals surface area contributed by atoms with Crippen LogP contribution in [0.25, 0.3) is 0 Å². The molecular formula is C18H28N4O4. The summed E-state index contributed by atoms with van der Waals surface area (Å²) in [5, 5.41) is 16.4. The first-order valence-electron chi connectivity index (χ1n) is 9.16. The van der Waals surface area contributed by atoms with Gasteiger partial charge in [0, 0.05) is 43.5 Å². The Bertz CT molecular complexity index is 601. The highest BCUT2D eigenvalue weighted by molar-refractivity contribution is 5.89. The lowest BCUT2D eigenvalue weighted by Gasteiger charge is -2.38. The molecule has 144 valence electrons. The Labute approximate surface area is 154 Å². The Morgan fingerprint density at radius 1 is 1.31 bits per heavy atom. The number of carbonyl (C=O) groups excluding carboxylic acids is 1. The molecule has 0 saturated carbocycles. The summed E-state index contributed by atoms with van der Waals surface area (Å²) in [5.74, 6) is 0.492. The van der Waals surface area contributed by atoms with Gasteiger partial charge >= 0.3 is 6.03 Å². The normalized spacial score (nSPS) is 16.3. The van der Waals surface area contributed by atoms with Crippen molar-refractivity contribution in [3.05, 3.63) is 34.4 Å². The van der Waals surface area contributed by atoms with E-state index in [0.717, 1.165) is 39.1 Å². The van der Waals surface area contributed by atoms with Crippen LogP contribution in [0.2, 0.25) is 0 Å². The number of anilines is 1. The Kier molecular flexibility index (Phi) is 7.80. The number of nitrogens with zero attached hydrogens (tertiary/aromatic N) is 2. The predicted octanol–water partition coefficient (Wildman–Crippen LogP) is 2.85. The molecule has 0 radical (unpaired) electrons. The predicted molar refractivity (Wildman–Crippen MR) is 100 cm³/mol. The van der Waals surface area contributed by atoms with Gasteiger partial charge in [0.15, 0.2) is 0 Å².